The zero-order valence-electron chi connectivity index (χ0n) is 18.2. The third kappa shape index (κ3) is 5.33. The van der Waals surface area contributed by atoms with Crippen molar-refractivity contribution in [2.24, 2.45) is 0 Å². The molecule has 0 radical (unpaired) electrons. The zero-order valence-corrected chi connectivity index (χ0v) is 19.0. The van der Waals surface area contributed by atoms with E-state index in [4.69, 9.17) is 0 Å². The van der Waals surface area contributed by atoms with Crippen LogP contribution in [0.25, 0.3) is 0 Å². The molecule has 1 saturated heterocycles. The van der Waals surface area contributed by atoms with Gasteiger partial charge in [-0.15, -0.1) is 0 Å². The normalized spacial score (nSPS) is 15.5. The lowest BCUT2D eigenvalue weighted by Gasteiger charge is -2.29. The minimum absolute atomic E-state index is 0.370. The molecule has 2 aromatic rings. The minimum atomic E-state index is -3.64. The summed E-state index contributed by atoms with van der Waals surface area (Å²) in [6.45, 7) is 7.54. The molecule has 1 unspecified atom stereocenters. The molecule has 0 aromatic heterocycles. The first kappa shape index (κ1) is 22.2. The van der Waals surface area contributed by atoms with Gasteiger partial charge in [0.2, 0.25) is 15.9 Å². The summed E-state index contributed by atoms with van der Waals surface area (Å²) in [7, 11) is -3.64. The van der Waals surface area contributed by atoms with Gasteiger partial charge in [0.25, 0.3) is 0 Å². The van der Waals surface area contributed by atoms with Crippen molar-refractivity contribution in [2.75, 3.05) is 33.9 Å². The third-order valence-electron chi connectivity index (χ3n) is 5.41. The number of amides is 1. The van der Waals surface area contributed by atoms with Crippen LogP contribution in [0.4, 0.5) is 17.1 Å². The summed E-state index contributed by atoms with van der Waals surface area (Å²) in [4.78, 5) is 15.3. The number of piperidine rings is 1. The molecule has 1 fully saturated rings. The average Bonchev–Trinajstić information content (AvgIpc) is 2.67. The summed E-state index contributed by atoms with van der Waals surface area (Å²) >= 11 is 0. The first-order valence-electron chi connectivity index (χ1n) is 10.4. The van der Waals surface area contributed by atoms with Crippen molar-refractivity contribution in [2.45, 2.75) is 46.1 Å². The van der Waals surface area contributed by atoms with Crippen molar-refractivity contribution in [1.82, 2.24) is 0 Å². The Balaban J connectivity index is 1.77. The number of rotatable bonds is 6. The van der Waals surface area contributed by atoms with E-state index in [0.717, 1.165) is 36.2 Å². The Labute approximate surface area is 179 Å². The molecule has 0 spiro atoms. The van der Waals surface area contributed by atoms with Crippen LogP contribution in [-0.2, 0) is 14.8 Å². The number of aryl methyl sites for hydroxylation is 2. The monoisotopic (exact) mass is 429 g/mol. The molecule has 1 amide bonds. The molecular weight excluding hydrogens is 398 g/mol. The van der Waals surface area contributed by atoms with Gasteiger partial charge in [-0.1, -0.05) is 6.07 Å². The fourth-order valence-electron chi connectivity index (χ4n) is 4.04. The highest BCUT2D eigenvalue weighted by Crippen LogP contribution is 2.25. The second kappa shape index (κ2) is 9.08. The summed E-state index contributed by atoms with van der Waals surface area (Å²) in [5.41, 5.74) is 4.19. The van der Waals surface area contributed by atoms with E-state index in [0.29, 0.717) is 11.4 Å². The number of carbonyl (C=O) groups is 1. The van der Waals surface area contributed by atoms with Crippen LogP contribution >= 0.6 is 0 Å². The topological polar surface area (TPSA) is 69.7 Å². The van der Waals surface area contributed by atoms with Crippen LogP contribution in [0.5, 0.6) is 0 Å². The molecule has 1 atom stereocenters. The molecule has 3 rings (SSSR count). The van der Waals surface area contributed by atoms with Gasteiger partial charge in [0, 0.05) is 24.5 Å². The molecule has 0 saturated carbocycles. The highest BCUT2D eigenvalue weighted by atomic mass is 32.2. The molecule has 0 bridgehead atoms. The summed E-state index contributed by atoms with van der Waals surface area (Å²) < 4.78 is 26.2. The fourth-order valence-corrected chi connectivity index (χ4v) is 5.20. The predicted molar refractivity (Wildman–Crippen MR) is 124 cm³/mol. The Morgan fingerprint density at radius 1 is 1.00 bits per heavy atom. The van der Waals surface area contributed by atoms with Gasteiger partial charge in [0.05, 0.1) is 11.9 Å². The number of hydrogen-bond donors (Lipinski definition) is 1. The van der Waals surface area contributed by atoms with Gasteiger partial charge in [-0.3, -0.25) is 9.10 Å². The molecule has 1 aliphatic rings. The smallest absolute Gasteiger partial charge is 0.247 e. The van der Waals surface area contributed by atoms with Crippen molar-refractivity contribution >= 4 is 33.0 Å². The number of nitrogens with one attached hydrogen (secondary N) is 1. The minimum Gasteiger partial charge on any atom is -0.372 e. The molecule has 7 heteroatoms. The SMILES string of the molecule is Cc1cc(C)cc(N(C(C)C(=O)Nc2ccc(N3CCCCC3)cc2)S(C)(=O)=O)c1. The van der Waals surface area contributed by atoms with Gasteiger partial charge >= 0.3 is 0 Å². The van der Waals surface area contributed by atoms with E-state index in [1.54, 1.807) is 19.1 Å². The second-order valence-corrected chi connectivity index (χ2v) is 10.0. The van der Waals surface area contributed by atoms with Crippen LogP contribution < -0.4 is 14.5 Å². The van der Waals surface area contributed by atoms with Crippen LogP contribution in [0.15, 0.2) is 42.5 Å². The van der Waals surface area contributed by atoms with Gasteiger partial charge in [-0.05, 0) is 87.6 Å². The average molecular weight is 430 g/mol. The highest BCUT2D eigenvalue weighted by molar-refractivity contribution is 7.92. The van der Waals surface area contributed by atoms with E-state index in [9.17, 15) is 13.2 Å². The first-order chi connectivity index (χ1) is 14.1. The maximum absolute atomic E-state index is 12.9. The Morgan fingerprint density at radius 2 is 1.57 bits per heavy atom. The molecule has 162 valence electrons. The van der Waals surface area contributed by atoms with E-state index in [-0.39, 0.29) is 5.91 Å². The zero-order chi connectivity index (χ0) is 21.9. The van der Waals surface area contributed by atoms with Crippen LogP contribution in [-0.4, -0.2) is 39.7 Å². The number of hydrogen-bond acceptors (Lipinski definition) is 4. The van der Waals surface area contributed by atoms with Crippen LogP contribution in [0.1, 0.15) is 37.3 Å². The molecule has 6 nitrogen and oxygen atoms in total. The third-order valence-corrected chi connectivity index (χ3v) is 6.65. The van der Waals surface area contributed by atoms with Gasteiger partial charge < -0.3 is 10.2 Å². The van der Waals surface area contributed by atoms with Gasteiger partial charge in [-0.25, -0.2) is 8.42 Å². The Kier molecular flexibility index (Phi) is 6.71. The van der Waals surface area contributed by atoms with E-state index >= 15 is 0 Å². The molecule has 0 aliphatic carbocycles. The Morgan fingerprint density at radius 3 is 2.10 bits per heavy atom. The van der Waals surface area contributed by atoms with E-state index in [2.05, 4.69) is 10.2 Å². The van der Waals surface area contributed by atoms with Crippen LogP contribution in [0, 0.1) is 13.8 Å². The van der Waals surface area contributed by atoms with E-state index < -0.39 is 16.1 Å². The number of nitrogens with zero attached hydrogens (tertiary/aromatic N) is 2. The van der Waals surface area contributed by atoms with Crippen LogP contribution in [0.3, 0.4) is 0 Å². The van der Waals surface area contributed by atoms with Crippen molar-refractivity contribution in [3.63, 3.8) is 0 Å². The summed E-state index contributed by atoms with van der Waals surface area (Å²) in [5, 5.41) is 2.86. The van der Waals surface area contributed by atoms with Gasteiger partial charge in [0.15, 0.2) is 0 Å². The predicted octanol–water partition coefficient (Wildman–Crippen LogP) is 4.09. The van der Waals surface area contributed by atoms with Crippen molar-refractivity contribution in [3.8, 4) is 0 Å². The standard InChI is InChI=1S/C23H31N3O3S/c1-17-14-18(2)16-22(15-17)26(30(4,28)29)19(3)23(27)24-20-8-10-21(11-9-20)25-12-6-5-7-13-25/h8-11,14-16,19H,5-7,12-13H2,1-4H3,(H,24,27). The lowest BCUT2D eigenvalue weighted by molar-refractivity contribution is -0.116. The molecule has 1 N–H and O–H groups in total. The molecule has 1 heterocycles. The number of carbonyl (C=O) groups excluding carboxylic acids is 1. The van der Waals surface area contributed by atoms with Crippen molar-refractivity contribution in [1.29, 1.82) is 0 Å². The lowest BCUT2D eigenvalue weighted by Crippen LogP contribution is -2.45. The highest BCUT2D eigenvalue weighted by Gasteiger charge is 2.29. The summed E-state index contributed by atoms with van der Waals surface area (Å²) in [6, 6.07) is 12.4. The van der Waals surface area contributed by atoms with Crippen molar-refractivity contribution in [3.05, 3.63) is 53.6 Å². The first-order valence-corrected chi connectivity index (χ1v) is 12.2. The molecule has 1 aliphatic heterocycles. The summed E-state index contributed by atoms with van der Waals surface area (Å²) in [5.74, 6) is -0.370. The van der Waals surface area contributed by atoms with Gasteiger partial charge in [0.1, 0.15) is 6.04 Å². The number of benzene rings is 2. The number of sulfonamides is 1. The lowest BCUT2D eigenvalue weighted by atomic mass is 10.1. The molecule has 2 aromatic carbocycles. The largest absolute Gasteiger partial charge is 0.372 e. The van der Waals surface area contributed by atoms with E-state index in [1.807, 2.05) is 44.2 Å². The van der Waals surface area contributed by atoms with Crippen LogP contribution in [0.2, 0.25) is 0 Å². The quantitative estimate of drug-likeness (QED) is 0.751. The summed E-state index contributed by atoms with van der Waals surface area (Å²) in [6.07, 6.45) is 4.81. The maximum Gasteiger partial charge on any atom is 0.247 e. The molecule has 30 heavy (non-hydrogen) atoms. The van der Waals surface area contributed by atoms with E-state index in [1.165, 1.54) is 23.6 Å². The second-order valence-electron chi connectivity index (χ2n) is 8.16. The molecular formula is C23H31N3O3S. The Hall–Kier alpha value is -2.54. The maximum atomic E-state index is 12.9. The van der Waals surface area contributed by atoms with Crippen molar-refractivity contribution < 1.29 is 13.2 Å². The number of anilines is 3. The Bertz CT molecular complexity index is 977. The van der Waals surface area contributed by atoms with Gasteiger partial charge in [-0.2, -0.15) is 0 Å². The fraction of sp³-hybridized carbons (Fsp3) is 0.435.